The molecule has 0 spiro atoms. The molecule has 4 heteroatoms. The summed E-state index contributed by atoms with van der Waals surface area (Å²) in [6.45, 7) is 2.13. The Balaban J connectivity index is 2.64. The Hall–Kier alpha value is -1.58. The quantitative estimate of drug-likeness (QED) is 0.605. The Bertz CT molecular complexity index is 373. The van der Waals surface area contributed by atoms with Crippen LogP contribution < -0.4 is 4.74 Å². The second kappa shape index (κ2) is 2.73. The van der Waals surface area contributed by atoms with Crippen molar-refractivity contribution in [3.63, 3.8) is 0 Å². The zero-order valence-corrected chi connectivity index (χ0v) is 7.46. The molecule has 0 aliphatic carbocycles. The van der Waals surface area contributed by atoms with Gasteiger partial charge in [-0.3, -0.25) is 4.98 Å². The van der Waals surface area contributed by atoms with E-state index in [-0.39, 0.29) is 5.97 Å². The van der Waals surface area contributed by atoms with E-state index in [0.29, 0.717) is 17.9 Å². The summed E-state index contributed by atoms with van der Waals surface area (Å²) in [7, 11) is 1.56. The van der Waals surface area contributed by atoms with E-state index in [1.807, 2.05) is 6.92 Å². The van der Waals surface area contributed by atoms with Crippen LogP contribution in [0.3, 0.4) is 0 Å². The summed E-state index contributed by atoms with van der Waals surface area (Å²) in [6.07, 6.45) is 1.53. The highest BCUT2D eigenvalue weighted by Crippen LogP contribution is 2.30. The average molecular weight is 179 g/mol. The molecule has 2 rings (SSSR count). The highest BCUT2D eigenvalue weighted by atomic mass is 16.5. The maximum atomic E-state index is 11.1. The number of nitrogens with zero attached hydrogens (tertiary/aromatic N) is 1. The Morgan fingerprint density at radius 1 is 1.62 bits per heavy atom. The first kappa shape index (κ1) is 8.04. The van der Waals surface area contributed by atoms with E-state index < -0.39 is 0 Å². The number of cyclic esters (lactones) is 1. The number of ether oxygens (including phenoxy) is 2. The summed E-state index contributed by atoms with van der Waals surface area (Å²) in [4.78, 5) is 15.2. The van der Waals surface area contributed by atoms with Gasteiger partial charge < -0.3 is 9.47 Å². The van der Waals surface area contributed by atoms with Gasteiger partial charge in [-0.2, -0.15) is 0 Å². The third-order valence-electron chi connectivity index (χ3n) is 2.09. The lowest BCUT2D eigenvalue weighted by molar-refractivity contribution is 0.0534. The van der Waals surface area contributed by atoms with Crippen LogP contribution in [-0.2, 0) is 11.3 Å². The predicted octanol–water partition coefficient (Wildman–Crippen LogP) is 1.07. The molecular formula is C9H9NO3. The lowest BCUT2D eigenvalue weighted by Gasteiger charge is -2.06. The first-order valence-corrected chi connectivity index (χ1v) is 3.93. The molecular weight excluding hydrogens is 170 g/mol. The Kier molecular flexibility index (Phi) is 1.69. The van der Waals surface area contributed by atoms with E-state index in [0.717, 1.165) is 11.3 Å². The molecule has 1 aromatic heterocycles. The number of hydrogen-bond acceptors (Lipinski definition) is 4. The fourth-order valence-corrected chi connectivity index (χ4v) is 1.44. The van der Waals surface area contributed by atoms with E-state index in [1.165, 1.54) is 6.20 Å². The summed E-state index contributed by atoms with van der Waals surface area (Å²) in [5.41, 5.74) is 2.10. The van der Waals surface area contributed by atoms with Gasteiger partial charge in [0.25, 0.3) is 0 Å². The van der Waals surface area contributed by atoms with Gasteiger partial charge in [-0.05, 0) is 6.92 Å². The van der Waals surface area contributed by atoms with Gasteiger partial charge in [0, 0.05) is 11.8 Å². The maximum absolute atomic E-state index is 11.1. The SMILES string of the molecule is COc1c(C)ncc2c1COC2=O. The molecule has 68 valence electrons. The first-order chi connectivity index (χ1) is 6.24. The molecule has 4 nitrogen and oxygen atoms in total. The highest BCUT2D eigenvalue weighted by molar-refractivity contribution is 5.93. The molecule has 0 aromatic carbocycles. The molecule has 2 heterocycles. The zero-order valence-electron chi connectivity index (χ0n) is 7.46. The van der Waals surface area contributed by atoms with Crippen molar-refractivity contribution in [3.8, 4) is 5.75 Å². The molecule has 0 saturated heterocycles. The summed E-state index contributed by atoms with van der Waals surface area (Å²) in [5.74, 6) is 0.337. The predicted molar refractivity (Wildman–Crippen MR) is 44.6 cm³/mol. The number of pyridine rings is 1. The third-order valence-corrected chi connectivity index (χ3v) is 2.09. The van der Waals surface area contributed by atoms with E-state index in [2.05, 4.69) is 4.98 Å². The normalized spacial score (nSPS) is 13.8. The van der Waals surface area contributed by atoms with Crippen LogP contribution in [0.2, 0.25) is 0 Å². The molecule has 0 bridgehead atoms. The lowest BCUT2D eigenvalue weighted by atomic mass is 10.1. The van der Waals surface area contributed by atoms with Crippen LogP contribution in [0.1, 0.15) is 21.6 Å². The smallest absolute Gasteiger partial charge is 0.340 e. The van der Waals surface area contributed by atoms with E-state index in [1.54, 1.807) is 7.11 Å². The maximum Gasteiger partial charge on any atom is 0.340 e. The van der Waals surface area contributed by atoms with Gasteiger partial charge in [-0.15, -0.1) is 0 Å². The molecule has 0 saturated carbocycles. The summed E-state index contributed by atoms with van der Waals surface area (Å²) < 4.78 is 10.0. The van der Waals surface area contributed by atoms with Crippen molar-refractivity contribution < 1.29 is 14.3 Å². The zero-order chi connectivity index (χ0) is 9.42. The molecule has 0 N–H and O–H groups in total. The highest BCUT2D eigenvalue weighted by Gasteiger charge is 2.26. The Morgan fingerprint density at radius 2 is 2.38 bits per heavy atom. The molecule has 1 aliphatic rings. The summed E-state index contributed by atoms with van der Waals surface area (Å²) >= 11 is 0. The van der Waals surface area contributed by atoms with Crippen LogP contribution in [-0.4, -0.2) is 18.1 Å². The average Bonchev–Trinajstić information content (AvgIpc) is 2.48. The van der Waals surface area contributed by atoms with Crippen molar-refractivity contribution in [2.75, 3.05) is 7.11 Å². The summed E-state index contributed by atoms with van der Waals surface area (Å²) in [6, 6.07) is 0. The minimum atomic E-state index is -0.319. The lowest BCUT2D eigenvalue weighted by Crippen LogP contribution is -1.98. The van der Waals surface area contributed by atoms with Gasteiger partial charge in [-0.25, -0.2) is 4.79 Å². The molecule has 0 atom stereocenters. The topological polar surface area (TPSA) is 48.4 Å². The third kappa shape index (κ3) is 1.06. The van der Waals surface area contributed by atoms with Crippen molar-refractivity contribution in [3.05, 3.63) is 23.0 Å². The van der Waals surface area contributed by atoms with Gasteiger partial charge in [-0.1, -0.05) is 0 Å². The number of esters is 1. The molecule has 0 unspecified atom stereocenters. The van der Waals surface area contributed by atoms with Gasteiger partial charge in [0.05, 0.1) is 18.4 Å². The van der Waals surface area contributed by atoms with Crippen molar-refractivity contribution in [2.45, 2.75) is 13.5 Å². The Labute approximate surface area is 75.5 Å². The van der Waals surface area contributed by atoms with Crippen LogP contribution in [0.15, 0.2) is 6.20 Å². The Morgan fingerprint density at radius 3 is 3.08 bits per heavy atom. The molecule has 1 aromatic rings. The van der Waals surface area contributed by atoms with Gasteiger partial charge in [0.2, 0.25) is 0 Å². The van der Waals surface area contributed by atoms with E-state index in [9.17, 15) is 4.79 Å². The van der Waals surface area contributed by atoms with Crippen LogP contribution in [0, 0.1) is 6.92 Å². The van der Waals surface area contributed by atoms with E-state index in [4.69, 9.17) is 9.47 Å². The number of carbonyl (C=O) groups is 1. The molecule has 0 radical (unpaired) electrons. The number of aromatic nitrogens is 1. The van der Waals surface area contributed by atoms with Crippen LogP contribution in [0.5, 0.6) is 5.75 Å². The number of aryl methyl sites for hydroxylation is 1. The molecule has 1 aliphatic heterocycles. The minimum absolute atomic E-state index is 0.292. The van der Waals surface area contributed by atoms with Gasteiger partial charge in [0.1, 0.15) is 12.4 Å². The van der Waals surface area contributed by atoms with Crippen molar-refractivity contribution in [1.29, 1.82) is 0 Å². The van der Waals surface area contributed by atoms with Crippen molar-refractivity contribution in [1.82, 2.24) is 4.98 Å². The molecule has 0 amide bonds. The number of carbonyl (C=O) groups excluding carboxylic acids is 1. The molecule has 0 fully saturated rings. The van der Waals surface area contributed by atoms with Crippen LogP contribution in [0.4, 0.5) is 0 Å². The van der Waals surface area contributed by atoms with Crippen molar-refractivity contribution in [2.24, 2.45) is 0 Å². The van der Waals surface area contributed by atoms with Gasteiger partial charge in [0.15, 0.2) is 0 Å². The van der Waals surface area contributed by atoms with Gasteiger partial charge >= 0.3 is 5.97 Å². The first-order valence-electron chi connectivity index (χ1n) is 3.93. The molecule has 13 heavy (non-hydrogen) atoms. The second-order valence-electron chi connectivity index (χ2n) is 2.85. The minimum Gasteiger partial charge on any atom is -0.494 e. The number of rotatable bonds is 1. The number of methoxy groups -OCH3 is 1. The standard InChI is InChI=1S/C9H9NO3/c1-5-8(12-2)7-4-13-9(11)6(7)3-10-5/h3H,4H2,1-2H3. The van der Waals surface area contributed by atoms with Crippen LogP contribution in [0.25, 0.3) is 0 Å². The fourth-order valence-electron chi connectivity index (χ4n) is 1.44. The second-order valence-corrected chi connectivity index (χ2v) is 2.85. The monoisotopic (exact) mass is 179 g/mol. The van der Waals surface area contributed by atoms with E-state index >= 15 is 0 Å². The summed E-state index contributed by atoms with van der Waals surface area (Å²) in [5, 5.41) is 0. The van der Waals surface area contributed by atoms with Crippen LogP contribution >= 0.6 is 0 Å². The largest absolute Gasteiger partial charge is 0.494 e. The van der Waals surface area contributed by atoms with Crippen molar-refractivity contribution >= 4 is 5.97 Å². The fraction of sp³-hybridized carbons (Fsp3) is 0.333. The number of hydrogen-bond donors (Lipinski definition) is 0. The number of fused-ring (bicyclic) bond motifs is 1.